The molecule has 6 nitrogen and oxygen atoms in total. The van der Waals surface area contributed by atoms with Gasteiger partial charge in [0, 0.05) is 43.8 Å². The maximum Gasteiger partial charge on any atom is 0.242 e. The van der Waals surface area contributed by atoms with Crippen molar-refractivity contribution in [1.29, 1.82) is 0 Å². The first-order valence-electron chi connectivity index (χ1n) is 8.81. The largest absolute Gasteiger partial charge is 0.368 e. The van der Waals surface area contributed by atoms with Crippen molar-refractivity contribution in [3.8, 4) is 0 Å². The van der Waals surface area contributed by atoms with E-state index in [0.29, 0.717) is 12.5 Å². The molecule has 1 amide bonds. The van der Waals surface area contributed by atoms with Gasteiger partial charge in [0.25, 0.3) is 0 Å². The Morgan fingerprint density at radius 3 is 2.50 bits per heavy atom. The standard InChI is InChI=1S/C19H25N5OS/c1-20-19(21-14-17-8-5-13-26-17)22-15-18(25)24-11-9-23(10-12-24)16-6-3-2-4-7-16/h2-8,13H,9-12,14-15H2,1H3,(H2,20,21,22). The Morgan fingerprint density at radius 1 is 1.08 bits per heavy atom. The molecule has 1 aromatic carbocycles. The van der Waals surface area contributed by atoms with Crippen LogP contribution >= 0.6 is 11.3 Å². The zero-order valence-electron chi connectivity index (χ0n) is 15.0. The van der Waals surface area contributed by atoms with E-state index >= 15 is 0 Å². The number of nitrogens with one attached hydrogen (secondary N) is 2. The van der Waals surface area contributed by atoms with Crippen LogP contribution in [0, 0.1) is 0 Å². The summed E-state index contributed by atoms with van der Waals surface area (Å²) in [4.78, 5) is 22.1. The van der Waals surface area contributed by atoms with Crippen LogP contribution in [-0.2, 0) is 11.3 Å². The molecule has 26 heavy (non-hydrogen) atoms. The van der Waals surface area contributed by atoms with E-state index in [0.717, 1.165) is 26.2 Å². The molecule has 138 valence electrons. The molecule has 7 heteroatoms. The summed E-state index contributed by atoms with van der Waals surface area (Å²) in [6.45, 7) is 4.19. The maximum atomic E-state index is 12.5. The number of rotatable bonds is 5. The normalized spacial score (nSPS) is 15.0. The second-order valence-electron chi connectivity index (χ2n) is 6.06. The molecule has 0 aliphatic carbocycles. The van der Waals surface area contributed by atoms with Crippen molar-refractivity contribution < 1.29 is 4.79 Å². The molecule has 0 unspecified atom stereocenters. The number of carbonyl (C=O) groups excluding carboxylic acids is 1. The number of guanidine groups is 1. The van der Waals surface area contributed by atoms with Gasteiger partial charge in [0.15, 0.2) is 5.96 Å². The molecule has 2 heterocycles. The number of thiophene rings is 1. The molecule has 1 aliphatic heterocycles. The fraction of sp³-hybridized carbons (Fsp3) is 0.368. The molecule has 1 fully saturated rings. The van der Waals surface area contributed by atoms with Crippen LogP contribution in [0.15, 0.2) is 52.8 Å². The zero-order chi connectivity index (χ0) is 18.2. The Hall–Kier alpha value is -2.54. The SMILES string of the molecule is CN=C(NCC(=O)N1CCN(c2ccccc2)CC1)NCc1cccs1. The van der Waals surface area contributed by atoms with Gasteiger partial charge < -0.3 is 20.4 Å². The van der Waals surface area contributed by atoms with Crippen molar-refractivity contribution in [2.75, 3.05) is 44.7 Å². The number of piperazine rings is 1. The van der Waals surface area contributed by atoms with Gasteiger partial charge in [-0.05, 0) is 23.6 Å². The molecule has 2 aromatic rings. The zero-order valence-corrected chi connectivity index (χ0v) is 15.8. The number of para-hydroxylation sites is 1. The van der Waals surface area contributed by atoms with E-state index in [-0.39, 0.29) is 12.5 Å². The van der Waals surface area contributed by atoms with E-state index < -0.39 is 0 Å². The minimum Gasteiger partial charge on any atom is -0.368 e. The first kappa shape index (κ1) is 18.3. The van der Waals surface area contributed by atoms with E-state index in [4.69, 9.17) is 0 Å². The maximum absolute atomic E-state index is 12.5. The van der Waals surface area contributed by atoms with E-state index in [1.807, 2.05) is 34.5 Å². The third-order valence-corrected chi connectivity index (χ3v) is 5.27. The first-order valence-corrected chi connectivity index (χ1v) is 9.69. The summed E-state index contributed by atoms with van der Waals surface area (Å²) < 4.78 is 0. The van der Waals surface area contributed by atoms with Gasteiger partial charge in [0.1, 0.15) is 0 Å². The summed E-state index contributed by atoms with van der Waals surface area (Å²) in [7, 11) is 1.72. The lowest BCUT2D eigenvalue weighted by molar-refractivity contribution is -0.130. The first-order chi connectivity index (χ1) is 12.8. The van der Waals surface area contributed by atoms with Gasteiger partial charge in [-0.2, -0.15) is 0 Å². The molecule has 0 radical (unpaired) electrons. The van der Waals surface area contributed by atoms with Crippen molar-refractivity contribution in [1.82, 2.24) is 15.5 Å². The average Bonchev–Trinajstić information content (AvgIpc) is 3.22. The third kappa shape index (κ3) is 4.98. The lowest BCUT2D eigenvalue weighted by atomic mass is 10.2. The highest BCUT2D eigenvalue weighted by atomic mass is 32.1. The number of nitrogens with zero attached hydrogens (tertiary/aromatic N) is 3. The summed E-state index contributed by atoms with van der Waals surface area (Å²) in [5, 5.41) is 8.39. The van der Waals surface area contributed by atoms with Gasteiger partial charge in [0.05, 0.1) is 13.1 Å². The lowest BCUT2D eigenvalue weighted by Crippen LogP contribution is -2.52. The van der Waals surface area contributed by atoms with Crippen molar-refractivity contribution in [2.24, 2.45) is 4.99 Å². The van der Waals surface area contributed by atoms with Crippen LogP contribution < -0.4 is 15.5 Å². The van der Waals surface area contributed by atoms with Crippen LogP contribution in [-0.4, -0.2) is 56.5 Å². The number of amides is 1. The molecule has 1 saturated heterocycles. The van der Waals surface area contributed by atoms with E-state index in [9.17, 15) is 4.79 Å². The number of hydrogen-bond donors (Lipinski definition) is 2. The van der Waals surface area contributed by atoms with Crippen LogP contribution in [0.1, 0.15) is 4.88 Å². The topological polar surface area (TPSA) is 60.0 Å². The number of benzene rings is 1. The highest BCUT2D eigenvalue weighted by Gasteiger charge is 2.21. The van der Waals surface area contributed by atoms with Gasteiger partial charge in [-0.1, -0.05) is 24.3 Å². The van der Waals surface area contributed by atoms with Crippen molar-refractivity contribution in [3.63, 3.8) is 0 Å². The summed E-state index contributed by atoms with van der Waals surface area (Å²) >= 11 is 1.70. The highest BCUT2D eigenvalue weighted by molar-refractivity contribution is 7.09. The molecule has 0 spiro atoms. The van der Waals surface area contributed by atoms with Gasteiger partial charge in [-0.25, -0.2) is 0 Å². The summed E-state index contributed by atoms with van der Waals surface area (Å²) in [5.41, 5.74) is 1.22. The summed E-state index contributed by atoms with van der Waals surface area (Å²) in [5.74, 6) is 0.756. The highest BCUT2D eigenvalue weighted by Crippen LogP contribution is 2.15. The fourth-order valence-electron chi connectivity index (χ4n) is 2.93. The van der Waals surface area contributed by atoms with Gasteiger partial charge in [0.2, 0.25) is 5.91 Å². The third-order valence-electron chi connectivity index (χ3n) is 4.39. The predicted molar refractivity (Wildman–Crippen MR) is 108 cm³/mol. The Morgan fingerprint density at radius 2 is 1.85 bits per heavy atom. The Kier molecular flexibility index (Phi) is 6.49. The van der Waals surface area contributed by atoms with E-state index in [1.165, 1.54) is 10.6 Å². The van der Waals surface area contributed by atoms with Crippen LogP contribution in [0.5, 0.6) is 0 Å². The molecule has 0 bridgehead atoms. The molecule has 0 saturated carbocycles. The smallest absolute Gasteiger partial charge is 0.242 e. The van der Waals surface area contributed by atoms with Crippen LogP contribution in [0.2, 0.25) is 0 Å². The second-order valence-corrected chi connectivity index (χ2v) is 7.09. The molecule has 3 rings (SSSR count). The van der Waals surface area contributed by atoms with E-state index in [2.05, 4.69) is 38.7 Å². The number of aliphatic imine (C=N–C) groups is 1. The van der Waals surface area contributed by atoms with Crippen LogP contribution in [0.3, 0.4) is 0 Å². The van der Waals surface area contributed by atoms with Crippen molar-refractivity contribution in [2.45, 2.75) is 6.54 Å². The molecule has 1 aliphatic rings. The van der Waals surface area contributed by atoms with Crippen molar-refractivity contribution >= 4 is 28.9 Å². The predicted octanol–water partition coefficient (Wildman–Crippen LogP) is 1.76. The summed E-state index contributed by atoms with van der Waals surface area (Å²) in [6, 6.07) is 14.4. The summed E-state index contributed by atoms with van der Waals surface area (Å²) in [6.07, 6.45) is 0. The van der Waals surface area contributed by atoms with Gasteiger partial charge in [-0.15, -0.1) is 11.3 Å². The minimum atomic E-state index is 0.108. The fourth-order valence-corrected chi connectivity index (χ4v) is 3.57. The van der Waals surface area contributed by atoms with Gasteiger partial charge in [-0.3, -0.25) is 9.79 Å². The Balaban J connectivity index is 1.41. The monoisotopic (exact) mass is 371 g/mol. The molecule has 0 atom stereocenters. The molecule has 1 aromatic heterocycles. The molecular formula is C19H25N5OS. The number of hydrogen-bond acceptors (Lipinski definition) is 4. The quantitative estimate of drug-likeness (QED) is 0.621. The molecular weight excluding hydrogens is 346 g/mol. The lowest BCUT2D eigenvalue weighted by Gasteiger charge is -2.36. The Bertz CT molecular complexity index is 709. The molecule has 2 N–H and O–H groups in total. The van der Waals surface area contributed by atoms with Crippen molar-refractivity contribution in [3.05, 3.63) is 52.7 Å². The van der Waals surface area contributed by atoms with Crippen LogP contribution in [0.4, 0.5) is 5.69 Å². The average molecular weight is 372 g/mol. The number of anilines is 1. The number of carbonyl (C=O) groups is 1. The van der Waals surface area contributed by atoms with Gasteiger partial charge >= 0.3 is 0 Å². The van der Waals surface area contributed by atoms with E-state index in [1.54, 1.807) is 18.4 Å². The van der Waals surface area contributed by atoms with Crippen LogP contribution in [0.25, 0.3) is 0 Å². The second kappa shape index (κ2) is 9.24. The Labute approximate surface area is 158 Å². The minimum absolute atomic E-state index is 0.108.